The summed E-state index contributed by atoms with van der Waals surface area (Å²) in [4.78, 5) is 73.6. The van der Waals surface area contributed by atoms with Crippen LogP contribution in [0.4, 0.5) is 4.79 Å². The van der Waals surface area contributed by atoms with Crippen molar-refractivity contribution in [2.24, 2.45) is 43.3 Å². The first-order valence-electron chi connectivity index (χ1n) is 49.4. The Balaban J connectivity index is 0.00000166. The molecule has 0 spiro atoms. The number of pyridine rings is 1. The van der Waals surface area contributed by atoms with Gasteiger partial charge in [0, 0.05) is 158 Å². The number of carbonyl (C=O) groups excluding carboxylic acids is 5. The summed E-state index contributed by atoms with van der Waals surface area (Å²) in [6.45, 7) is 66.2. The summed E-state index contributed by atoms with van der Waals surface area (Å²) in [7, 11) is -0.386. The van der Waals surface area contributed by atoms with Crippen molar-refractivity contribution in [1.82, 2.24) is 81.5 Å². The number of aromatic nitrogens is 1. The maximum absolute atomic E-state index is 12.1. The van der Waals surface area contributed by atoms with Crippen molar-refractivity contribution in [2.45, 2.75) is 214 Å². The number of nitriles is 1. The molecule has 147 heavy (non-hydrogen) atoms. The number of amides is 6. The van der Waals surface area contributed by atoms with Gasteiger partial charge in [-0.2, -0.15) is 14.7 Å². The molecule has 2 aliphatic heterocycles. The first-order chi connectivity index (χ1) is 68.0. The van der Waals surface area contributed by atoms with Gasteiger partial charge in [-0.1, -0.05) is 137 Å². The van der Waals surface area contributed by atoms with E-state index in [1.54, 1.807) is 36.7 Å². The fraction of sp³-hybridized carbons (Fsp3) is 0.557. The maximum Gasteiger partial charge on any atom is 0.315 e. The van der Waals surface area contributed by atoms with Gasteiger partial charge >= 0.3 is 6.03 Å². The average Bonchev–Trinajstić information content (AvgIpc) is 0.814. The van der Waals surface area contributed by atoms with Gasteiger partial charge in [0.05, 0.1) is 99.3 Å². The van der Waals surface area contributed by atoms with Crippen LogP contribution in [0.1, 0.15) is 216 Å². The molecule has 808 valence electrons. The summed E-state index contributed by atoms with van der Waals surface area (Å²) >= 11 is 0. The van der Waals surface area contributed by atoms with Crippen LogP contribution in [0.3, 0.4) is 0 Å². The standard InChI is InChI=1S/C19H26N2O2.C17H24N2O.C14H25N3O.C14H18N2O.C14H19NO4S2.C14H19NO2S.C12H23N3O.C11H19N3/c1-19(2,3)9-4-10-20-18(22)17-7-5-16(6-8-17)15-21-11-13-23-14-12-21;1-17(2,3)11-6-12-18-16(20)15-9-7-14(8-10-15)13-19(4)5;1-14(2,3)6-5-7-15-13(18)12-17-10-8-16(4)9-11-17;1-14(2,3)7-4-8-16-13(17)11-12-5-9-15-10-6-12;1-14(2,3)10-5-11-15-21(18,19)13-8-6-12(7-9-13)20(4,16)17;1-12-6-8-13(9-7-12)18(16,17)15-11-5-10-14(2,3)4;1-12(2,3)7-6-8-13-11(16)14-9-10-15(4)5;1-11(2,3)6-4-8-13-10-14-9-5-7-12/h5-8H,10-15H2,1-3H3,(H,20,22);7-10H,12-13H2,1-5H3,(H,18,20);7-12H2,1-4H3,(H,15,18);5-6,9-10H,8,11H2,1-3H3,(H,16,17);6-9,15H,11H2,1-4H3;6-9,15H,11H2,1-4H3;8-10H2,1-5H3,(H2,13,14,16);13-14H,5,8-10H2,1-3H3. The molecule has 32 heteroatoms. The summed E-state index contributed by atoms with van der Waals surface area (Å²) in [5.41, 5.74) is 5.43. The SMILES string of the molecule is CC(C)(C)C#CCNC(=O)Cc1ccncc1.CC(C)(C)C#CCNC(=O)c1ccc(CN2CCOCC2)cc1.CC(C)(C)C#CCNCNCCC#N.CC(C)(C)C#CCNS(=O)(=O)c1ccc(S(C)(=O)=O)cc1.CN(C)CCNC(=O)NCC#CC(C)(C)C.CN(C)Cc1ccc(C(=O)NCC#CC(C)(C)C)cc1.CN1CCN(CC(=O)NCC#CC(C)(C)C)CC1.Cc1ccc(S(=O)(=O)NCC#CC(C)(C)C)cc1. The quantitative estimate of drug-likeness (QED) is 0.0116. The van der Waals surface area contributed by atoms with E-state index < -0.39 is 29.9 Å². The van der Waals surface area contributed by atoms with E-state index in [0.29, 0.717) is 83.0 Å². The monoisotopic (exact) mass is 2080 g/mol. The van der Waals surface area contributed by atoms with E-state index in [2.05, 4.69) is 247 Å². The number of sulfonamides is 2. The Morgan fingerprint density at radius 3 is 1.14 bits per heavy atom. The summed E-state index contributed by atoms with van der Waals surface area (Å²) in [6.07, 6.45) is 5.36. The second kappa shape index (κ2) is 69.7. The van der Waals surface area contributed by atoms with E-state index in [4.69, 9.17) is 10.00 Å². The van der Waals surface area contributed by atoms with Crippen molar-refractivity contribution < 1.29 is 54.0 Å². The first-order valence-corrected chi connectivity index (χ1v) is 54.2. The van der Waals surface area contributed by atoms with Gasteiger partial charge in [-0.05, 0) is 298 Å². The highest BCUT2D eigenvalue weighted by Crippen LogP contribution is 2.19. The van der Waals surface area contributed by atoms with Crippen molar-refractivity contribution in [3.63, 3.8) is 0 Å². The van der Waals surface area contributed by atoms with E-state index in [-0.39, 0.29) is 101 Å². The molecule has 7 rings (SSSR count). The zero-order valence-electron chi connectivity index (χ0n) is 94.0. The number of nitrogens with one attached hydrogen (secondary N) is 10. The molecule has 2 saturated heterocycles. The molecule has 2 aliphatic rings. The molecule has 0 unspecified atom stereocenters. The molecular weight excluding hydrogens is 1910 g/mol. The predicted molar refractivity (Wildman–Crippen MR) is 599 cm³/mol. The van der Waals surface area contributed by atoms with Crippen LogP contribution in [-0.2, 0) is 63.7 Å². The number of likely N-dealkylation sites (N-methyl/N-ethyl adjacent to an activating group) is 2. The number of aryl methyl sites for hydroxylation is 1. The van der Waals surface area contributed by atoms with Gasteiger partial charge in [-0.25, -0.2) is 30.0 Å². The number of carbonyl (C=O) groups is 5. The van der Waals surface area contributed by atoms with Crippen LogP contribution in [0.15, 0.2) is 136 Å². The van der Waals surface area contributed by atoms with Gasteiger partial charge in [0.25, 0.3) is 11.8 Å². The molecular formula is C115H173N17O12S3. The van der Waals surface area contributed by atoms with Crippen molar-refractivity contribution in [1.29, 1.82) is 5.26 Å². The molecule has 1 aromatic heterocycles. The van der Waals surface area contributed by atoms with Gasteiger partial charge < -0.3 is 56.7 Å². The normalized spacial score (nSPS) is 12.7. The minimum atomic E-state index is -3.69. The zero-order chi connectivity index (χ0) is 112. The average molecular weight is 2080 g/mol. The topological polar surface area (TPSA) is 370 Å². The number of hydrogen-bond acceptors (Lipinski definition) is 21. The van der Waals surface area contributed by atoms with Gasteiger partial charge in [0.15, 0.2) is 9.84 Å². The molecule has 29 nitrogen and oxygen atoms in total. The third-order valence-corrected chi connectivity index (χ3v) is 22.3. The summed E-state index contributed by atoms with van der Waals surface area (Å²) in [6, 6.07) is 32.8. The highest BCUT2D eigenvalue weighted by Gasteiger charge is 2.21. The number of benzene rings is 4. The number of ether oxygens (including phenoxy) is 1. The summed E-state index contributed by atoms with van der Waals surface area (Å²) in [5, 5.41) is 31.2. The predicted octanol–water partition coefficient (Wildman–Crippen LogP) is 12.7. The second-order valence-electron chi connectivity index (χ2n) is 43.6. The molecule has 3 heterocycles. The highest BCUT2D eigenvalue weighted by atomic mass is 32.2. The fourth-order valence-electron chi connectivity index (χ4n) is 11.2. The van der Waals surface area contributed by atoms with E-state index in [9.17, 15) is 49.2 Å². The lowest BCUT2D eigenvalue weighted by Gasteiger charge is -2.31. The second-order valence-corrected chi connectivity index (χ2v) is 49.1. The Morgan fingerprint density at radius 1 is 0.395 bits per heavy atom. The van der Waals surface area contributed by atoms with Gasteiger partial charge in [0.1, 0.15) is 0 Å². The lowest BCUT2D eigenvalue weighted by molar-refractivity contribution is -0.122. The molecule has 10 N–H and O–H groups in total. The third-order valence-electron chi connectivity index (χ3n) is 18.3. The van der Waals surface area contributed by atoms with Crippen LogP contribution in [0.25, 0.3) is 0 Å². The Hall–Kier alpha value is -11.4. The minimum absolute atomic E-state index is 0.00216. The van der Waals surface area contributed by atoms with Gasteiger partial charge in [-0.3, -0.25) is 39.3 Å². The summed E-state index contributed by atoms with van der Waals surface area (Å²) in [5.74, 6) is 47.8. The zero-order valence-corrected chi connectivity index (χ0v) is 96.4. The molecule has 6 amide bonds. The van der Waals surface area contributed by atoms with E-state index >= 15 is 0 Å². The molecule has 0 radical (unpaired) electrons. The molecule has 0 bridgehead atoms. The van der Waals surface area contributed by atoms with Crippen LogP contribution >= 0.6 is 0 Å². The van der Waals surface area contributed by atoms with Gasteiger partial charge in [0.2, 0.25) is 31.9 Å². The van der Waals surface area contributed by atoms with Crippen molar-refractivity contribution in [3.8, 4) is 101 Å². The smallest absolute Gasteiger partial charge is 0.315 e. The molecule has 0 aliphatic carbocycles. The number of hydrogen-bond donors (Lipinski definition) is 10. The number of urea groups is 1. The van der Waals surface area contributed by atoms with E-state index in [1.165, 1.54) is 35.4 Å². The first kappa shape index (κ1) is 136. The van der Waals surface area contributed by atoms with Crippen LogP contribution in [0.2, 0.25) is 0 Å². The fourth-order valence-corrected chi connectivity index (χ4v) is 13.6. The Kier molecular flexibility index (Phi) is 64.3. The Labute approximate surface area is 886 Å². The van der Waals surface area contributed by atoms with Crippen LogP contribution in [0.5, 0.6) is 0 Å². The van der Waals surface area contributed by atoms with Crippen molar-refractivity contribution in [3.05, 3.63) is 155 Å². The van der Waals surface area contributed by atoms with Gasteiger partial charge in [-0.15, -0.1) is 0 Å². The Morgan fingerprint density at radius 2 is 0.755 bits per heavy atom. The molecule has 2 fully saturated rings. The molecule has 4 aromatic carbocycles. The minimum Gasteiger partial charge on any atom is -0.379 e. The lowest BCUT2D eigenvalue weighted by atomic mass is 9.98. The number of morpholine rings is 1. The highest BCUT2D eigenvalue weighted by molar-refractivity contribution is 7.91. The summed E-state index contributed by atoms with van der Waals surface area (Å²) < 4.78 is 80.6. The van der Waals surface area contributed by atoms with Crippen molar-refractivity contribution in [2.75, 3.05) is 179 Å². The maximum atomic E-state index is 12.1. The molecule has 0 saturated carbocycles. The van der Waals surface area contributed by atoms with Crippen molar-refractivity contribution >= 4 is 59.5 Å². The Bertz CT molecular complexity index is 5750. The largest absolute Gasteiger partial charge is 0.379 e. The number of nitrogens with zero attached hydrogens (tertiary/aromatic N) is 7. The van der Waals surface area contributed by atoms with E-state index in [0.717, 1.165) is 96.0 Å². The van der Waals surface area contributed by atoms with Crippen LogP contribution in [0, 0.1) is 156 Å². The number of piperazine rings is 1. The third kappa shape index (κ3) is 80.4. The van der Waals surface area contributed by atoms with Crippen LogP contribution in [-0.4, -0.2) is 264 Å². The number of sulfone groups is 1. The van der Waals surface area contributed by atoms with Crippen LogP contribution < -0.4 is 52.0 Å². The number of rotatable bonds is 30. The van der Waals surface area contributed by atoms with E-state index in [1.807, 2.05) is 205 Å². The lowest BCUT2D eigenvalue weighted by Crippen LogP contribution is -2.48. The molecule has 0 atom stereocenters. The molecule has 5 aromatic rings.